The van der Waals surface area contributed by atoms with E-state index in [-0.39, 0.29) is 0 Å². The zero-order valence-corrected chi connectivity index (χ0v) is 18.4. The molecule has 0 saturated heterocycles. The van der Waals surface area contributed by atoms with Gasteiger partial charge in [-0.25, -0.2) is 0 Å². The molecule has 0 heterocycles. The van der Waals surface area contributed by atoms with Crippen LogP contribution in [0, 0.1) is 29.1 Å². The van der Waals surface area contributed by atoms with Crippen molar-refractivity contribution >= 4 is 0 Å². The van der Waals surface area contributed by atoms with E-state index in [0.29, 0.717) is 0 Å². The molecule has 1 heteroatoms. The van der Waals surface area contributed by atoms with Crippen molar-refractivity contribution in [3.8, 4) is 6.07 Å². The van der Waals surface area contributed by atoms with Crippen molar-refractivity contribution in [1.29, 1.82) is 5.26 Å². The average molecular weight is 390 g/mol. The van der Waals surface area contributed by atoms with Crippen molar-refractivity contribution in [3.05, 3.63) is 59.7 Å². The molecule has 2 aliphatic rings. The standard InChI is InChI=1S/C28H39N/c1-2-8-23-10-14-25(15-11-23)27-18-20-28(21-19-27)26-16-12-24(13-17-26)9-6-4-3-5-7-22-29/h3-5,7,10-11,14-15,24,26-28H,2,6,8-9,12-13,16-21H2,1H3/b4-3+,7-5+/t24?,26?,27-,28-. The van der Waals surface area contributed by atoms with Crippen molar-refractivity contribution in [2.75, 3.05) is 0 Å². The van der Waals surface area contributed by atoms with Gasteiger partial charge in [-0.15, -0.1) is 0 Å². The van der Waals surface area contributed by atoms with Crippen molar-refractivity contribution in [2.24, 2.45) is 17.8 Å². The van der Waals surface area contributed by atoms with Gasteiger partial charge in [0.1, 0.15) is 0 Å². The lowest BCUT2D eigenvalue weighted by atomic mass is 9.68. The van der Waals surface area contributed by atoms with Gasteiger partial charge >= 0.3 is 0 Å². The number of benzene rings is 1. The van der Waals surface area contributed by atoms with Crippen molar-refractivity contribution < 1.29 is 0 Å². The lowest BCUT2D eigenvalue weighted by Gasteiger charge is -2.38. The number of allylic oxidation sites excluding steroid dienone is 4. The van der Waals surface area contributed by atoms with E-state index in [0.717, 1.165) is 30.1 Å². The molecule has 0 radical (unpaired) electrons. The molecule has 2 fully saturated rings. The van der Waals surface area contributed by atoms with Crippen LogP contribution in [0.5, 0.6) is 0 Å². The smallest absolute Gasteiger partial charge is 0.0912 e. The Morgan fingerprint density at radius 1 is 0.897 bits per heavy atom. The molecular weight excluding hydrogens is 350 g/mol. The minimum absolute atomic E-state index is 0.806. The van der Waals surface area contributed by atoms with Crippen LogP contribution in [0.2, 0.25) is 0 Å². The molecule has 2 aliphatic carbocycles. The Morgan fingerprint density at radius 3 is 2.17 bits per heavy atom. The lowest BCUT2D eigenvalue weighted by molar-refractivity contribution is 0.157. The van der Waals surface area contributed by atoms with Gasteiger partial charge in [-0.1, -0.05) is 68.7 Å². The molecule has 0 aromatic heterocycles. The van der Waals surface area contributed by atoms with E-state index in [1.807, 2.05) is 18.2 Å². The Bertz CT molecular complexity index is 674. The van der Waals surface area contributed by atoms with Crippen LogP contribution in [0.15, 0.2) is 48.6 Å². The molecule has 0 spiro atoms. The third-order valence-electron chi connectivity index (χ3n) is 7.48. The van der Waals surface area contributed by atoms with Crippen LogP contribution in [0.1, 0.15) is 94.6 Å². The molecule has 0 atom stereocenters. The maximum absolute atomic E-state index is 8.49. The van der Waals surface area contributed by atoms with Crippen LogP contribution >= 0.6 is 0 Å². The summed E-state index contributed by atoms with van der Waals surface area (Å²) in [4.78, 5) is 0. The third-order valence-corrected chi connectivity index (χ3v) is 7.48. The number of aryl methyl sites for hydroxylation is 1. The first-order valence-electron chi connectivity index (χ1n) is 12.1. The van der Waals surface area contributed by atoms with E-state index >= 15 is 0 Å². The number of hydrogen-bond acceptors (Lipinski definition) is 1. The number of nitriles is 1. The van der Waals surface area contributed by atoms with E-state index in [2.05, 4.69) is 37.3 Å². The first-order chi connectivity index (χ1) is 14.3. The Balaban J connectivity index is 1.36. The van der Waals surface area contributed by atoms with Gasteiger partial charge in [0.15, 0.2) is 0 Å². The monoisotopic (exact) mass is 389 g/mol. The summed E-state index contributed by atoms with van der Waals surface area (Å²) in [6, 6.07) is 11.6. The van der Waals surface area contributed by atoms with E-state index in [4.69, 9.17) is 5.26 Å². The highest BCUT2D eigenvalue weighted by molar-refractivity contribution is 5.26. The zero-order valence-electron chi connectivity index (χ0n) is 18.4. The summed E-state index contributed by atoms with van der Waals surface area (Å²) in [7, 11) is 0. The van der Waals surface area contributed by atoms with E-state index in [9.17, 15) is 0 Å². The molecule has 1 aromatic rings. The summed E-state index contributed by atoms with van der Waals surface area (Å²) >= 11 is 0. The van der Waals surface area contributed by atoms with Gasteiger partial charge in [0, 0.05) is 6.08 Å². The molecule has 0 bridgehead atoms. The van der Waals surface area contributed by atoms with E-state index < -0.39 is 0 Å². The van der Waals surface area contributed by atoms with Crippen molar-refractivity contribution in [2.45, 2.75) is 89.9 Å². The van der Waals surface area contributed by atoms with Gasteiger partial charge in [0.25, 0.3) is 0 Å². The second kappa shape index (κ2) is 12.0. The van der Waals surface area contributed by atoms with E-state index in [1.165, 1.54) is 82.3 Å². The fourth-order valence-electron chi connectivity index (χ4n) is 5.72. The van der Waals surface area contributed by atoms with Gasteiger partial charge in [-0.2, -0.15) is 5.26 Å². The Kier molecular flexibility index (Phi) is 9.07. The van der Waals surface area contributed by atoms with Crippen LogP contribution in [-0.4, -0.2) is 0 Å². The third kappa shape index (κ3) is 6.88. The first kappa shape index (κ1) is 21.9. The quantitative estimate of drug-likeness (QED) is 0.325. The molecule has 0 amide bonds. The van der Waals surface area contributed by atoms with Gasteiger partial charge < -0.3 is 0 Å². The SMILES string of the molecule is CCCc1ccc([C@H]2CC[C@H](C3CCC(CC/C=C/C=C/C#N)CC3)CC2)cc1. The molecule has 3 rings (SSSR count). The fourth-order valence-corrected chi connectivity index (χ4v) is 5.72. The predicted molar refractivity (Wildman–Crippen MR) is 124 cm³/mol. The lowest BCUT2D eigenvalue weighted by Crippen LogP contribution is -2.25. The number of hydrogen-bond donors (Lipinski definition) is 0. The maximum Gasteiger partial charge on any atom is 0.0912 e. The number of nitrogens with zero attached hydrogens (tertiary/aromatic N) is 1. The summed E-state index contributed by atoms with van der Waals surface area (Å²) < 4.78 is 0. The Labute approximate surface area is 178 Å². The molecule has 2 saturated carbocycles. The summed E-state index contributed by atoms with van der Waals surface area (Å²) in [6.07, 6.45) is 24.0. The van der Waals surface area contributed by atoms with Crippen LogP contribution in [-0.2, 0) is 6.42 Å². The van der Waals surface area contributed by atoms with Crippen LogP contribution in [0.25, 0.3) is 0 Å². The second-order valence-corrected chi connectivity index (χ2v) is 9.38. The van der Waals surface area contributed by atoms with Gasteiger partial charge in [0.05, 0.1) is 6.07 Å². The fraction of sp³-hybridized carbons (Fsp3) is 0.607. The minimum Gasteiger partial charge on any atom is -0.193 e. The largest absolute Gasteiger partial charge is 0.193 e. The molecule has 1 aromatic carbocycles. The molecule has 29 heavy (non-hydrogen) atoms. The molecular formula is C28H39N. The van der Waals surface area contributed by atoms with Gasteiger partial charge in [-0.3, -0.25) is 0 Å². The summed E-state index contributed by atoms with van der Waals surface area (Å²) in [5.74, 6) is 3.71. The van der Waals surface area contributed by atoms with Crippen LogP contribution in [0.3, 0.4) is 0 Å². The maximum atomic E-state index is 8.49. The second-order valence-electron chi connectivity index (χ2n) is 9.38. The highest BCUT2D eigenvalue weighted by Gasteiger charge is 2.31. The normalized spacial score (nSPS) is 28.0. The van der Waals surface area contributed by atoms with Gasteiger partial charge in [-0.05, 0) is 92.6 Å². The molecule has 156 valence electrons. The zero-order chi connectivity index (χ0) is 20.3. The van der Waals surface area contributed by atoms with Crippen LogP contribution < -0.4 is 0 Å². The molecule has 0 N–H and O–H groups in total. The Hall–Kier alpha value is -1.81. The summed E-state index contributed by atoms with van der Waals surface area (Å²) in [6.45, 7) is 2.26. The highest BCUT2D eigenvalue weighted by Crippen LogP contribution is 2.44. The average Bonchev–Trinajstić information content (AvgIpc) is 2.78. The van der Waals surface area contributed by atoms with Crippen LogP contribution in [0.4, 0.5) is 0 Å². The minimum atomic E-state index is 0.806. The van der Waals surface area contributed by atoms with Crippen molar-refractivity contribution in [1.82, 2.24) is 0 Å². The topological polar surface area (TPSA) is 23.8 Å². The first-order valence-corrected chi connectivity index (χ1v) is 12.1. The number of rotatable bonds is 8. The summed E-state index contributed by atoms with van der Waals surface area (Å²) in [5, 5.41) is 8.49. The van der Waals surface area contributed by atoms with E-state index in [1.54, 1.807) is 5.56 Å². The van der Waals surface area contributed by atoms with Gasteiger partial charge in [0.2, 0.25) is 0 Å². The summed E-state index contributed by atoms with van der Waals surface area (Å²) in [5.41, 5.74) is 3.08. The molecule has 1 nitrogen and oxygen atoms in total. The highest BCUT2D eigenvalue weighted by atomic mass is 14.4. The predicted octanol–water partition coefficient (Wildman–Crippen LogP) is 8.14. The molecule has 0 aliphatic heterocycles. The Morgan fingerprint density at radius 2 is 1.55 bits per heavy atom. The molecule has 0 unspecified atom stereocenters. The van der Waals surface area contributed by atoms with Crippen molar-refractivity contribution in [3.63, 3.8) is 0 Å².